The average molecular weight is 455 g/mol. The minimum absolute atomic E-state index is 0.0991. The van der Waals surface area contributed by atoms with Gasteiger partial charge in [0.2, 0.25) is 5.75 Å². The first-order valence-corrected chi connectivity index (χ1v) is 9.54. The van der Waals surface area contributed by atoms with Gasteiger partial charge in [0.15, 0.2) is 11.5 Å². The molecule has 0 spiro atoms. The number of non-ortho nitro benzene ring substituents is 1. The Labute approximate surface area is 184 Å². The molecule has 0 atom stereocenters. The summed E-state index contributed by atoms with van der Waals surface area (Å²) in [6.07, 6.45) is 6.64. The zero-order valence-corrected chi connectivity index (χ0v) is 17.2. The van der Waals surface area contributed by atoms with E-state index in [4.69, 9.17) is 15.9 Å². The number of carbonyl (C=O) groups excluding carboxylic acids is 2. The van der Waals surface area contributed by atoms with Gasteiger partial charge in [0.25, 0.3) is 16.8 Å². The van der Waals surface area contributed by atoms with E-state index in [-0.39, 0.29) is 28.7 Å². The van der Waals surface area contributed by atoms with Crippen molar-refractivity contribution in [2.45, 2.75) is 0 Å². The number of amides is 2. The fourth-order valence-electron chi connectivity index (χ4n) is 2.70. The van der Waals surface area contributed by atoms with Gasteiger partial charge in [0.05, 0.1) is 34.5 Å². The Balaban J connectivity index is 1.91. The first-order valence-electron chi connectivity index (χ1n) is 8.72. The Kier molecular flexibility index (Phi) is 6.41. The molecule has 11 nitrogen and oxygen atoms in total. The third-order valence-electron chi connectivity index (χ3n) is 4.18. The van der Waals surface area contributed by atoms with E-state index in [0.717, 1.165) is 34.9 Å². The van der Waals surface area contributed by atoms with E-state index in [0.29, 0.717) is 5.56 Å². The molecule has 0 unspecified atom stereocenters. The summed E-state index contributed by atoms with van der Waals surface area (Å²) in [5, 5.41) is 21.7. The van der Waals surface area contributed by atoms with Crippen molar-refractivity contribution in [2.75, 3.05) is 13.7 Å². The number of terminal acetylenes is 1. The fraction of sp³-hybridized carbons (Fsp3) is 0.100. The first-order chi connectivity index (χ1) is 15.2. The Morgan fingerprint density at radius 3 is 2.44 bits per heavy atom. The van der Waals surface area contributed by atoms with Gasteiger partial charge in [0, 0.05) is 6.07 Å². The second-order valence-corrected chi connectivity index (χ2v) is 7.14. The quantitative estimate of drug-likeness (QED) is 0.262. The number of rotatable bonds is 7. The van der Waals surface area contributed by atoms with Gasteiger partial charge in [0.1, 0.15) is 0 Å². The second-order valence-electron chi connectivity index (χ2n) is 6.15. The van der Waals surface area contributed by atoms with Crippen molar-refractivity contribution in [3.8, 4) is 29.6 Å². The number of methoxy groups -OCH3 is 1. The third kappa shape index (κ3) is 4.52. The van der Waals surface area contributed by atoms with Crippen LogP contribution in [0.1, 0.15) is 5.56 Å². The van der Waals surface area contributed by atoms with Crippen LogP contribution in [0.3, 0.4) is 0 Å². The highest BCUT2D eigenvalue weighted by Crippen LogP contribution is 2.39. The summed E-state index contributed by atoms with van der Waals surface area (Å²) < 4.78 is 10.8. The Morgan fingerprint density at radius 2 is 1.81 bits per heavy atom. The molecular weight excluding hydrogens is 442 g/mol. The van der Waals surface area contributed by atoms with Gasteiger partial charge in [-0.3, -0.25) is 34.7 Å². The summed E-state index contributed by atoms with van der Waals surface area (Å²) >= 11 is 0.747. The van der Waals surface area contributed by atoms with Gasteiger partial charge in [-0.15, -0.1) is 6.42 Å². The normalized spacial score (nSPS) is 14.4. The SMILES string of the molecule is C#CCN1C(=O)S/C(=C/c2ccc(Oc3ccc([N+](=O)[O-])cc3[N+](=O)[O-])c(OC)c2)C1=O. The average Bonchev–Trinajstić information content (AvgIpc) is 3.02. The molecule has 0 aromatic heterocycles. The topological polar surface area (TPSA) is 142 Å². The molecule has 1 aliphatic rings. The summed E-state index contributed by atoms with van der Waals surface area (Å²) in [5.74, 6) is 1.79. The molecule has 0 radical (unpaired) electrons. The van der Waals surface area contributed by atoms with Gasteiger partial charge in [-0.1, -0.05) is 12.0 Å². The van der Waals surface area contributed by atoms with Gasteiger partial charge in [-0.2, -0.15) is 0 Å². The standard InChI is InChI=1S/C20H13N3O8S/c1-3-8-21-19(24)18(32-20(21)25)10-12-4-6-16(17(9-12)30-2)31-15-7-5-13(22(26)27)11-14(15)23(28)29/h1,4-7,9-11H,8H2,2H3/b18-10+. The maximum atomic E-state index is 12.3. The minimum atomic E-state index is -0.796. The number of imide groups is 1. The molecule has 32 heavy (non-hydrogen) atoms. The van der Waals surface area contributed by atoms with Crippen LogP contribution in [-0.2, 0) is 4.79 Å². The lowest BCUT2D eigenvalue weighted by atomic mass is 10.1. The Bertz CT molecular complexity index is 1220. The van der Waals surface area contributed by atoms with E-state index in [1.165, 1.54) is 25.3 Å². The van der Waals surface area contributed by atoms with E-state index >= 15 is 0 Å². The van der Waals surface area contributed by atoms with Crippen LogP contribution < -0.4 is 9.47 Å². The predicted octanol–water partition coefficient (Wildman–Crippen LogP) is 3.97. The molecule has 162 valence electrons. The van der Waals surface area contributed by atoms with Crippen molar-refractivity contribution in [2.24, 2.45) is 0 Å². The first kappa shape index (κ1) is 22.3. The molecule has 1 heterocycles. The molecule has 2 aromatic carbocycles. The van der Waals surface area contributed by atoms with Gasteiger partial charge >= 0.3 is 5.69 Å². The second kappa shape index (κ2) is 9.19. The highest BCUT2D eigenvalue weighted by molar-refractivity contribution is 8.18. The summed E-state index contributed by atoms with van der Waals surface area (Å²) in [6.45, 7) is -0.133. The van der Waals surface area contributed by atoms with E-state index in [9.17, 15) is 29.8 Å². The van der Waals surface area contributed by atoms with E-state index in [2.05, 4.69) is 5.92 Å². The Morgan fingerprint density at radius 1 is 1.09 bits per heavy atom. The zero-order chi connectivity index (χ0) is 23.4. The number of nitro groups is 2. The fourth-order valence-corrected chi connectivity index (χ4v) is 3.54. The van der Waals surface area contributed by atoms with Gasteiger partial charge in [-0.05, 0) is 41.6 Å². The van der Waals surface area contributed by atoms with Crippen molar-refractivity contribution in [3.05, 3.63) is 67.1 Å². The van der Waals surface area contributed by atoms with Crippen LogP contribution in [0.15, 0.2) is 41.3 Å². The van der Waals surface area contributed by atoms with Crippen LogP contribution in [0.5, 0.6) is 17.2 Å². The molecule has 0 bridgehead atoms. The lowest BCUT2D eigenvalue weighted by molar-refractivity contribution is -0.394. The Hall–Kier alpha value is -4.37. The monoisotopic (exact) mass is 455 g/mol. The molecular formula is C20H13N3O8S. The maximum absolute atomic E-state index is 12.3. The molecule has 1 aliphatic heterocycles. The molecule has 1 fully saturated rings. The van der Waals surface area contributed by atoms with Crippen LogP contribution in [0.4, 0.5) is 16.2 Å². The lowest BCUT2D eigenvalue weighted by Crippen LogP contribution is -2.28. The van der Waals surface area contributed by atoms with Crippen LogP contribution in [0.2, 0.25) is 0 Å². The molecule has 2 amide bonds. The zero-order valence-electron chi connectivity index (χ0n) is 16.3. The number of nitro benzene ring substituents is 2. The molecule has 12 heteroatoms. The molecule has 0 saturated carbocycles. The number of thioether (sulfide) groups is 1. The van der Waals surface area contributed by atoms with Crippen LogP contribution in [0, 0.1) is 32.6 Å². The minimum Gasteiger partial charge on any atom is -0.493 e. The molecule has 0 N–H and O–H groups in total. The number of ether oxygens (including phenoxy) is 2. The summed E-state index contributed by atoms with van der Waals surface area (Å²) in [5.41, 5.74) is -0.545. The number of hydrogen-bond acceptors (Lipinski definition) is 9. The summed E-state index contributed by atoms with van der Waals surface area (Å²) in [4.78, 5) is 46.0. The van der Waals surface area contributed by atoms with E-state index < -0.39 is 32.4 Å². The summed E-state index contributed by atoms with van der Waals surface area (Å²) in [6, 6.07) is 7.48. The molecule has 3 rings (SSSR count). The predicted molar refractivity (Wildman–Crippen MR) is 114 cm³/mol. The van der Waals surface area contributed by atoms with Gasteiger partial charge < -0.3 is 9.47 Å². The third-order valence-corrected chi connectivity index (χ3v) is 5.09. The van der Waals surface area contributed by atoms with Crippen LogP contribution in [0.25, 0.3) is 6.08 Å². The van der Waals surface area contributed by atoms with E-state index in [1.54, 1.807) is 6.07 Å². The number of benzene rings is 2. The maximum Gasteiger partial charge on any atom is 0.318 e. The van der Waals surface area contributed by atoms with Crippen molar-refractivity contribution < 1.29 is 28.9 Å². The molecule has 1 saturated heterocycles. The number of nitrogens with zero attached hydrogens (tertiary/aromatic N) is 3. The van der Waals surface area contributed by atoms with Crippen molar-refractivity contribution >= 4 is 40.4 Å². The van der Waals surface area contributed by atoms with Crippen LogP contribution in [-0.4, -0.2) is 39.5 Å². The van der Waals surface area contributed by atoms with E-state index in [1.807, 2.05) is 0 Å². The van der Waals surface area contributed by atoms with Crippen molar-refractivity contribution in [1.82, 2.24) is 4.90 Å². The molecule has 2 aromatic rings. The van der Waals surface area contributed by atoms with Gasteiger partial charge in [-0.25, -0.2) is 0 Å². The van der Waals surface area contributed by atoms with Crippen molar-refractivity contribution in [3.63, 3.8) is 0 Å². The number of carbonyl (C=O) groups is 2. The lowest BCUT2D eigenvalue weighted by Gasteiger charge is -2.11. The highest BCUT2D eigenvalue weighted by Gasteiger charge is 2.34. The van der Waals surface area contributed by atoms with Crippen LogP contribution >= 0.6 is 11.8 Å². The number of hydrogen-bond donors (Lipinski definition) is 0. The summed E-state index contributed by atoms with van der Waals surface area (Å²) in [7, 11) is 1.34. The van der Waals surface area contributed by atoms with Crippen molar-refractivity contribution in [1.29, 1.82) is 0 Å². The smallest absolute Gasteiger partial charge is 0.318 e. The largest absolute Gasteiger partial charge is 0.493 e. The molecule has 0 aliphatic carbocycles. The highest BCUT2D eigenvalue weighted by atomic mass is 32.2.